The fourth-order valence-electron chi connectivity index (χ4n) is 4.34. The second kappa shape index (κ2) is 14.3. The number of anilines is 1. The number of rotatable bonds is 15. The van der Waals surface area contributed by atoms with Gasteiger partial charge in [-0.2, -0.15) is 9.97 Å². The van der Waals surface area contributed by atoms with Crippen molar-refractivity contribution in [3.05, 3.63) is 16.8 Å². The summed E-state index contributed by atoms with van der Waals surface area (Å²) in [5.41, 5.74) is 14.0. The summed E-state index contributed by atoms with van der Waals surface area (Å²) in [5, 5.41) is 20.2. The highest BCUT2D eigenvalue weighted by atomic mass is 31.2. The molecular weight excluding hydrogens is 591 g/mol. The highest BCUT2D eigenvalue weighted by Crippen LogP contribution is 2.46. The van der Waals surface area contributed by atoms with Gasteiger partial charge in [-0.3, -0.25) is 18.7 Å². The van der Waals surface area contributed by atoms with E-state index < -0.39 is 62.3 Å². The summed E-state index contributed by atoms with van der Waals surface area (Å²) in [4.78, 5) is 40.0. The number of hydrogen-bond acceptors (Lipinski definition) is 14. The van der Waals surface area contributed by atoms with Crippen molar-refractivity contribution < 1.29 is 42.7 Å². The number of aromatic nitrogens is 4. The molecule has 0 saturated carbocycles. The van der Waals surface area contributed by atoms with Crippen LogP contribution in [0.5, 0.6) is 5.88 Å². The Morgan fingerprint density at radius 3 is 2.35 bits per heavy atom. The molecule has 0 spiro atoms. The van der Waals surface area contributed by atoms with Crippen LogP contribution in [0.2, 0.25) is 0 Å². The lowest BCUT2D eigenvalue weighted by Gasteiger charge is -2.28. The van der Waals surface area contributed by atoms with E-state index in [0.717, 1.165) is 0 Å². The predicted octanol–water partition coefficient (Wildman–Crippen LogP) is 1.34. The van der Waals surface area contributed by atoms with Crippen molar-refractivity contribution >= 4 is 36.7 Å². The normalized spacial score (nSPS) is 24.5. The molecule has 5 N–H and O–H groups in total. The van der Waals surface area contributed by atoms with Gasteiger partial charge in [0.1, 0.15) is 23.7 Å². The van der Waals surface area contributed by atoms with Gasteiger partial charge in [-0.05, 0) is 47.1 Å². The third-order valence-electron chi connectivity index (χ3n) is 6.38. The molecule has 1 aliphatic heterocycles. The number of hydrogen-bond donors (Lipinski definition) is 4. The summed E-state index contributed by atoms with van der Waals surface area (Å²) in [6.07, 6.45) is -2.60. The zero-order chi connectivity index (χ0) is 31.9. The number of carbonyl (C=O) groups excluding carboxylic acids is 2. The van der Waals surface area contributed by atoms with Crippen LogP contribution >= 0.6 is 7.67 Å². The van der Waals surface area contributed by atoms with E-state index in [2.05, 4.69) is 35.2 Å². The molecule has 2 aromatic rings. The molecule has 0 radical (unpaired) electrons. The number of aliphatic hydroxyl groups is 1. The van der Waals surface area contributed by atoms with Crippen molar-refractivity contribution in [1.82, 2.24) is 29.7 Å². The molecule has 1 unspecified atom stereocenters. The van der Waals surface area contributed by atoms with Gasteiger partial charge in [0.15, 0.2) is 17.4 Å². The molecule has 0 aliphatic carbocycles. The van der Waals surface area contributed by atoms with E-state index in [0.29, 0.717) is 0 Å². The van der Waals surface area contributed by atoms with E-state index in [4.69, 9.17) is 29.2 Å². The minimum absolute atomic E-state index is 0.0791. The van der Waals surface area contributed by atoms with E-state index in [-0.39, 0.29) is 42.8 Å². The third kappa shape index (κ3) is 7.51. The van der Waals surface area contributed by atoms with Crippen LogP contribution < -0.4 is 20.6 Å². The Bertz CT molecular complexity index is 1370. The van der Waals surface area contributed by atoms with Gasteiger partial charge in [-0.25, -0.2) is 15.2 Å². The summed E-state index contributed by atoms with van der Waals surface area (Å²) >= 11 is 0. The summed E-state index contributed by atoms with van der Waals surface area (Å²) in [7, 11) is -4.23. The molecule has 0 amide bonds. The number of esters is 2. The van der Waals surface area contributed by atoms with Crippen LogP contribution in [-0.4, -0.2) is 92.8 Å². The fraction of sp³-hybridized carbons (Fsp3) is 0.696. The first-order valence-corrected chi connectivity index (χ1v) is 15.1. The van der Waals surface area contributed by atoms with E-state index in [1.807, 2.05) is 0 Å². The molecule has 1 aliphatic rings. The molecule has 3 heterocycles. The van der Waals surface area contributed by atoms with Crippen LogP contribution in [0, 0.1) is 0 Å². The summed E-state index contributed by atoms with van der Waals surface area (Å²) in [5.74, 6) is -1.43. The van der Waals surface area contributed by atoms with Crippen LogP contribution in [0.3, 0.4) is 0 Å². The van der Waals surface area contributed by atoms with Gasteiger partial charge < -0.3 is 34.3 Å². The number of carbonyl (C=O) groups is 2. The molecule has 238 valence electrons. The first kappa shape index (κ1) is 33.9. The Morgan fingerprint density at radius 2 is 1.81 bits per heavy atom. The maximum absolute atomic E-state index is 13.9. The van der Waals surface area contributed by atoms with Crippen molar-refractivity contribution in [3.8, 4) is 5.88 Å². The van der Waals surface area contributed by atoms with Crippen molar-refractivity contribution in [1.29, 1.82) is 0 Å². The minimum atomic E-state index is -4.23. The average molecular weight is 629 g/mol. The number of nitrogens with two attached hydrogens (primary N) is 1. The zero-order valence-corrected chi connectivity index (χ0v) is 25.6. The second-order valence-corrected chi connectivity index (χ2v) is 11.5. The molecule has 43 heavy (non-hydrogen) atoms. The molecule has 1 saturated heterocycles. The molecule has 20 heteroatoms. The summed E-state index contributed by atoms with van der Waals surface area (Å²) in [6.45, 7) is 9.10. The largest absolute Gasteiger partial charge is 0.476 e. The lowest BCUT2D eigenvalue weighted by Crippen LogP contribution is -2.44. The van der Waals surface area contributed by atoms with E-state index >= 15 is 0 Å². The van der Waals surface area contributed by atoms with Crippen molar-refractivity contribution in [3.63, 3.8) is 0 Å². The summed E-state index contributed by atoms with van der Waals surface area (Å²) in [6, 6.07) is -2.24. The first-order valence-electron chi connectivity index (χ1n) is 13.5. The Kier molecular flexibility index (Phi) is 11.3. The Labute approximate surface area is 247 Å². The van der Waals surface area contributed by atoms with Gasteiger partial charge in [0.05, 0.1) is 38.9 Å². The molecule has 0 bridgehead atoms. The van der Waals surface area contributed by atoms with Gasteiger partial charge in [0.2, 0.25) is 11.8 Å². The topological polar surface area (TPSA) is 260 Å². The maximum atomic E-state index is 13.9. The highest BCUT2D eigenvalue weighted by molar-refractivity contribution is 7.54. The lowest BCUT2D eigenvalue weighted by atomic mass is 9.93. The third-order valence-corrected chi connectivity index (χ3v) is 8.35. The molecular formula is C23H37N10O9P. The number of nitrogens with one attached hydrogen (secondary N) is 2. The number of aliphatic hydroxyl groups excluding tert-OH is 1. The number of fused-ring (bicyclic) bond motifs is 1. The second-order valence-electron chi connectivity index (χ2n) is 9.58. The van der Waals surface area contributed by atoms with Crippen LogP contribution in [0.15, 0.2) is 11.4 Å². The fourth-order valence-corrected chi connectivity index (χ4v) is 6.15. The van der Waals surface area contributed by atoms with Crippen molar-refractivity contribution in [2.24, 2.45) is 5.11 Å². The number of imidazole rings is 1. The Morgan fingerprint density at radius 1 is 1.21 bits per heavy atom. The average Bonchev–Trinajstić information content (AvgIpc) is 3.46. The van der Waals surface area contributed by atoms with Crippen molar-refractivity contribution in [2.45, 2.75) is 77.6 Å². The number of ether oxygens (including phenoxy) is 4. The van der Waals surface area contributed by atoms with E-state index in [1.165, 1.54) is 31.7 Å². The van der Waals surface area contributed by atoms with Gasteiger partial charge in [0, 0.05) is 4.91 Å². The van der Waals surface area contributed by atoms with Gasteiger partial charge >= 0.3 is 19.6 Å². The molecule has 3 rings (SSSR count). The monoisotopic (exact) mass is 628 g/mol. The standard InChI is InChI=1S/C23H37N10O9P/c1-7-38-18-15-17(27-22(24)28-18)33(11-26-15)21-23(6,31-32-25)16(34)14(42-21)10-41-43(37,29-12(4)19(35)39-8-2)30-13(5)20(36)40-9-3/h11-14,16,21,34H,7-10H2,1-6H3,(H2,24,27,28)(H2,29,30,37)/t12-,13+,14-,16-,21-,23-,43?/m1/s1. The smallest absolute Gasteiger partial charge is 0.342 e. The highest BCUT2D eigenvalue weighted by Gasteiger charge is 2.55. The summed E-state index contributed by atoms with van der Waals surface area (Å²) < 4.78 is 42.5. The molecule has 0 aromatic carbocycles. The SMILES string of the molecule is CCOC(=O)[C@H](C)NP(=O)(N[C@H](C)C(=O)OCC)OC[C@H]1O[C@@H](n2cnc3c(OCC)nc(N)nc32)[C@](C)(N=[N+]=[N-])[C@@H]1O. The van der Waals surface area contributed by atoms with Gasteiger partial charge in [0.25, 0.3) is 0 Å². The minimum Gasteiger partial charge on any atom is -0.476 e. The van der Waals surface area contributed by atoms with Crippen LogP contribution in [0.1, 0.15) is 47.8 Å². The Balaban J connectivity index is 1.93. The number of azide groups is 1. The lowest BCUT2D eigenvalue weighted by molar-refractivity contribution is -0.145. The van der Waals surface area contributed by atoms with Crippen molar-refractivity contribution in [2.75, 3.05) is 32.2 Å². The maximum Gasteiger partial charge on any atom is 0.342 e. The van der Waals surface area contributed by atoms with Crippen LogP contribution in [0.4, 0.5) is 5.95 Å². The molecule has 2 aromatic heterocycles. The quantitative estimate of drug-likeness (QED) is 0.0713. The van der Waals surface area contributed by atoms with Crippen LogP contribution in [0.25, 0.3) is 21.6 Å². The molecule has 7 atom stereocenters. The van der Waals surface area contributed by atoms with Gasteiger partial charge in [-0.15, -0.1) is 0 Å². The molecule has 1 fully saturated rings. The predicted molar refractivity (Wildman–Crippen MR) is 150 cm³/mol. The first-order chi connectivity index (χ1) is 20.3. The zero-order valence-electron chi connectivity index (χ0n) is 24.7. The van der Waals surface area contributed by atoms with E-state index in [1.54, 1.807) is 20.8 Å². The number of nitrogens with zero attached hydrogens (tertiary/aromatic N) is 7. The van der Waals surface area contributed by atoms with Crippen LogP contribution in [-0.2, 0) is 32.9 Å². The Hall–Kier alpha value is -3.57. The number of nitrogen functional groups attached to an aromatic ring is 1. The van der Waals surface area contributed by atoms with Gasteiger partial charge in [-0.1, -0.05) is 5.11 Å². The molecule has 19 nitrogen and oxygen atoms in total. The van der Waals surface area contributed by atoms with E-state index in [9.17, 15) is 24.8 Å².